The SMILES string of the molecule is CP(C)(=O)c1cccc(-c2ccc(C3(c4ccc(-c5nc(-c6ccccc6)nc(-c6ccc7ccccc7c6)n5)cc4)C4CC5CC(C4)CC3C5)cc2)c1. The third-order valence-electron chi connectivity index (χ3n) is 12.9. The topological polar surface area (TPSA) is 55.7 Å². The van der Waals surface area contributed by atoms with E-state index >= 15 is 0 Å². The minimum absolute atomic E-state index is 0.0283. The number of hydrogen-bond acceptors (Lipinski definition) is 4. The number of hydrogen-bond donors (Lipinski definition) is 0. The minimum atomic E-state index is -2.35. The number of benzene rings is 6. The Kier molecular flexibility index (Phi) is 8.04. The van der Waals surface area contributed by atoms with E-state index in [2.05, 4.69) is 115 Å². The molecule has 0 unspecified atom stereocenters. The first-order chi connectivity index (χ1) is 26.3. The maximum atomic E-state index is 12.9. The van der Waals surface area contributed by atoms with Gasteiger partial charge in [-0.25, -0.2) is 15.0 Å². The van der Waals surface area contributed by atoms with Crippen LogP contribution in [0.1, 0.15) is 43.2 Å². The van der Waals surface area contributed by atoms with Gasteiger partial charge in [-0.2, -0.15) is 0 Å². The van der Waals surface area contributed by atoms with Crippen molar-refractivity contribution >= 4 is 23.2 Å². The summed E-state index contributed by atoms with van der Waals surface area (Å²) in [4.78, 5) is 15.2. The average molecular weight is 722 g/mol. The van der Waals surface area contributed by atoms with E-state index < -0.39 is 7.14 Å². The van der Waals surface area contributed by atoms with Crippen molar-refractivity contribution in [3.05, 3.63) is 157 Å². The van der Waals surface area contributed by atoms with Gasteiger partial charge < -0.3 is 4.57 Å². The molecule has 0 saturated heterocycles. The van der Waals surface area contributed by atoms with E-state index in [0.29, 0.717) is 29.3 Å². The van der Waals surface area contributed by atoms with E-state index in [9.17, 15) is 4.57 Å². The maximum Gasteiger partial charge on any atom is 0.164 e. The maximum absolute atomic E-state index is 12.9. The molecule has 0 aliphatic heterocycles. The third kappa shape index (κ3) is 5.74. The molecule has 6 aromatic carbocycles. The molecule has 4 aliphatic rings. The second kappa shape index (κ2) is 13.0. The quantitative estimate of drug-likeness (QED) is 0.154. The van der Waals surface area contributed by atoms with Gasteiger partial charge in [0.1, 0.15) is 7.14 Å². The summed E-state index contributed by atoms with van der Waals surface area (Å²) in [6.07, 6.45) is 6.65. The molecule has 0 radical (unpaired) electrons. The lowest BCUT2D eigenvalue weighted by molar-refractivity contribution is -0.0418. The molecule has 4 saturated carbocycles. The first-order valence-corrected chi connectivity index (χ1v) is 22.1. The fraction of sp³-hybridized carbons (Fsp3) is 0.245. The lowest BCUT2D eigenvalue weighted by atomic mass is 9.42. The Morgan fingerprint density at radius 1 is 0.463 bits per heavy atom. The summed E-state index contributed by atoms with van der Waals surface area (Å²) < 4.78 is 12.9. The largest absolute Gasteiger partial charge is 0.319 e. The van der Waals surface area contributed by atoms with Crippen LogP contribution >= 0.6 is 7.14 Å². The summed E-state index contributed by atoms with van der Waals surface area (Å²) in [7, 11) is -2.35. The smallest absolute Gasteiger partial charge is 0.164 e. The fourth-order valence-electron chi connectivity index (χ4n) is 10.6. The molecular weight excluding hydrogens is 678 g/mol. The van der Waals surface area contributed by atoms with Gasteiger partial charge in [0.15, 0.2) is 17.5 Å². The number of nitrogens with zero attached hydrogens (tertiary/aromatic N) is 3. The zero-order chi connectivity index (χ0) is 36.4. The predicted molar refractivity (Wildman–Crippen MR) is 222 cm³/mol. The zero-order valence-electron chi connectivity index (χ0n) is 30.9. The molecule has 0 N–H and O–H groups in total. The van der Waals surface area contributed by atoms with Crippen LogP contribution in [0.4, 0.5) is 0 Å². The van der Waals surface area contributed by atoms with E-state index in [1.165, 1.54) is 54.2 Å². The highest BCUT2D eigenvalue weighted by Crippen LogP contribution is 2.65. The van der Waals surface area contributed by atoms with Gasteiger partial charge in [0.05, 0.1) is 0 Å². The molecule has 266 valence electrons. The van der Waals surface area contributed by atoms with Gasteiger partial charge >= 0.3 is 0 Å². The Bertz CT molecular complexity index is 2530. The van der Waals surface area contributed by atoms with Gasteiger partial charge in [-0.05, 0) is 114 Å². The van der Waals surface area contributed by atoms with Crippen molar-refractivity contribution in [2.24, 2.45) is 23.7 Å². The molecule has 0 spiro atoms. The van der Waals surface area contributed by atoms with Crippen LogP contribution < -0.4 is 5.30 Å². The second-order valence-electron chi connectivity index (χ2n) is 16.5. The molecule has 11 rings (SSSR count). The predicted octanol–water partition coefficient (Wildman–Crippen LogP) is 11.7. The Morgan fingerprint density at radius 2 is 0.963 bits per heavy atom. The Labute approximate surface area is 318 Å². The summed E-state index contributed by atoms with van der Waals surface area (Å²) in [6, 6.07) is 52.1. The van der Waals surface area contributed by atoms with Crippen LogP contribution in [0.25, 0.3) is 56.1 Å². The van der Waals surface area contributed by atoms with Gasteiger partial charge in [-0.15, -0.1) is 0 Å². The average Bonchev–Trinajstić information content (AvgIpc) is 3.21. The van der Waals surface area contributed by atoms with Gasteiger partial charge in [-0.1, -0.05) is 133 Å². The lowest BCUT2D eigenvalue weighted by Crippen LogP contribution is -2.56. The van der Waals surface area contributed by atoms with Crippen molar-refractivity contribution in [1.82, 2.24) is 15.0 Å². The van der Waals surface area contributed by atoms with Crippen LogP contribution in [0.15, 0.2) is 146 Å². The standard InChI is InChI=1S/C49H44N3OP/c1-54(2,53)45-14-8-13-39(31-45)35-17-21-41(22-18-35)49(43-26-32-25-33(28-43)29-44(49)27-32)42-23-19-37(20-24-42)47-50-46(36-10-4-3-5-11-36)51-48(52-47)40-16-15-34-9-6-7-12-38(34)30-40/h3-24,30-33,43-44H,25-29H2,1-2H3. The fourth-order valence-corrected chi connectivity index (χ4v) is 11.5. The van der Waals surface area contributed by atoms with Crippen LogP contribution in [0.2, 0.25) is 0 Å². The van der Waals surface area contributed by atoms with E-state index in [-0.39, 0.29) is 5.41 Å². The van der Waals surface area contributed by atoms with Crippen molar-refractivity contribution in [2.75, 3.05) is 13.3 Å². The zero-order valence-corrected chi connectivity index (χ0v) is 31.8. The molecule has 0 atom stereocenters. The van der Waals surface area contributed by atoms with Gasteiger partial charge in [-0.3, -0.25) is 0 Å². The van der Waals surface area contributed by atoms with Gasteiger partial charge in [0, 0.05) is 27.4 Å². The van der Waals surface area contributed by atoms with Gasteiger partial charge in [0.25, 0.3) is 0 Å². The van der Waals surface area contributed by atoms with Crippen molar-refractivity contribution in [1.29, 1.82) is 0 Å². The van der Waals surface area contributed by atoms with E-state index in [4.69, 9.17) is 15.0 Å². The van der Waals surface area contributed by atoms with E-state index in [1.807, 2.05) is 43.7 Å². The van der Waals surface area contributed by atoms with E-state index in [1.54, 1.807) is 0 Å². The summed E-state index contributed by atoms with van der Waals surface area (Å²) in [5.74, 6) is 5.01. The van der Waals surface area contributed by atoms with Crippen LogP contribution in [-0.2, 0) is 9.98 Å². The normalized spacial score (nSPS) is 23.1. The molecule has 0 amide bonds. The number of aromatic nitrogens is 3. The number of rotatable bonds is 7. The summed E-state index contributed by atoms with van der Waals surface area (Å²) in [6.45, 7) is 3.70. The van der Waals surface area contributed by atoms with Crippen molar-refractivity contribution in [3.8, 4) is 45.3 Å². The third-order valence-corrected chi connectivity index (χ3v) is 14.4. The number of fused-ring (bicyclic) bond motifs is 1. The second-order valence-corrected chi connectivity index (χ2v) is 19.7. The molecule has 4 nitrogen and oxygen atoms in total. The van der Waals surface area contributed by atoms with Crippen molar-refractivity contribution in [2.45, 2.75) is 37.5 Å². The molecule has 1 aromatic heterocycles. The van der Waals surface area contributed by atoms with Crippen molar-refractivity contribution in [3.63, 3.8) is 0 Å². The summed E-state index contributed by atoms with van der Waals surface area (Å²) in [5.41, 5.74) is 8.08. The molecule has 4 bridgehead atoms. The molecular formula is C49H44N3OP. The molecule has 54 heavy (non-hydrogen) atoms. The first-order valence-electron chi connectivity index (χ1n) is 19.5. The monoisotopic (exact) mass is 721 g/mol. The van der Waals surface area contributed by atoms with Crippen LogP contribution in [0.3, 0.4) is 0 Å². The van der Waals surface area contributed by atoms with Crippen LogP contribution in [0, 0.1) is 23.7 Å². The highest BCUT2D eigenvalue weighted by Gasteiger charge is 2.58. The summed E-state index contributed by atoms with van der Waals surface area (Å²) in [5, 5.41) is 3.29. The Balaban J connectivity index is 1.06. The highest BCUT2D eigenvalue weighted by molar-refractivity contribution is 7.70. The highest BCUT2D eigenvalue weighted by atomic mass is 31.2. The van der Waals surface area contributed by atoms with E-state index in [0.717, 1.165) is 44.8 Å². The Morgan fingerprint density at radius 3 is 1.57 bits per heavy atom. The molecule has 7 aromatic rings. The first kappa shape index (κ1) is 33.4. The molecule has 4 aliphatic carbocycles. The minimum Gasteiger partial charge on any atom is -0.319 e. The Hall–Kier alpha value is -5.18. The lowest BCUT2D eigenvalue weighted by Gasteiger charge is -2.62. The van der Waals surface area contributed by atoms with Crippen LogP contribution in [-0.4, -0.2) is 28.3 Å². The van der Waals surface area contributed by atoms with Gasteiger partial charge in [0.2, 0.25) is 0 Å². The molecule has 1 heterocycles. The van der Waals surface area contributed by atoms with Crippen LogP contribution in [0.5, 0.6) is 0 Å². The molecule has 5 heteroatoms. The summed E-state index contributed by atoms with van der Waals surface area (Å²) >= 11 is 0. The van der Waals surface area contributed by atoms with Crippen molar-refractivity contribution < 1.29 is 4.57 Å². The molecule has 4 fully saturated rings.